The minimum Gasteiger partial charge on any atom is -0.492 e. The lowest BCUT2D eigenvalue weighted by atomic mass is 10.1. The van der Waals surface area contributed by atoms with Gasteiger partial charge in [0.25, 0.3) is 11.8 Å². The Morgan fingerprint density at radius 2 is 1.10 bits per heavy atom. The van der Waals surface area contributed by atoms with Crippen molar-refractivity contribution in [3.05, 3.63) is 89.5 Å². The summed E-state index contributed by atoms with van der Waals surface area (Å²) in [4.78, 5) is 114. The van der Waals surface area contributed by atoms with Crippen LogP contribution in [0, 0.1) is 5.92 Å². The second-order valence-corrected chi connectivity index (χ2v) is 28.2. The van der Waals surface area contributed by atoms with E-state index in [-0.39, 0.29) is 55.1 Å². The maximum atomic E-state index is 13.9. The fourth-order valence-corrected chi connectivity index (χ4v) is 13.1. The quantitative estimate of drug-likeness (QED) is 0.0218. The molecule has 15 N–H and O–H groups in total. The van der Waals surface area contributed by atoms with E-state index in [0.29, 0.717) is 114 Å². The number of carboxylic acids is 4. The lowest BCUT2D eigenvalue weighted by molar-refractivity contribution is -0.141. The van der Waals surface area contributed by atoms with Crippen LogP contribution in [-0.2, 0) is 55.2 Å². The molecule has 0 aromatic heterocycles. The summed E-state index contributed by atoms with van der Waals surface area (Å²) in [5.74, 6) is -8.89. The SMILES string of the molecule is O=C(O)CN1CCN(CC(=O)O)CCN(Cc2ccc(NC(=S)NC(CCCCCC(=O)NCCS(=O)(=O)N[C@@H](CNC(=O)c3ccc(OCCNC4=NCCCN4)cc3)C(=O)O)C(=O)NCCS(=O)(=O)C[C@H](CNC(=O)c3ccc(OCCNC4=NCCCN4)cc3)C(=O)O)cc2)CC1. The number of carbonyl (C=O) groups excluding carboxylic acids is 4. The number of ether oxygens (including phenoxy) is 2. The highest BCUT2D eigenvalue weighted by atomic mass is 32.2. The lowest BCUT2D eigenvalue weighted by Gasteiger charge is -2.25. The first-order valence-corrected chi connectivity index (χ1v) is 36.8. The number of guanidine groups is 2. The smallest absolute Gasteiger partial charge is 0.323 e. The Hall–Kier alpha value is -9.01. The molecule has 0 aliphatic carbocycles. The number of amides is 4. The number of aliphatic imine (C=N–C) groups is 2. The molecule has 0 spiro atoms. The minimum atomic E-state index is -4.30. The number of benzene rings is 3. The summed E-state index contributed by atoms with van der Waals surface area (Å²) in [5, 5.41) is 67.3. The summed E-state index contributed by atoms with van der Waals surface area (Å²) in [6, 6.07) is 16.5. The molecule has 3 aliphatic rings. The third-order valence-corrected chi connectivity index (χ3v) is 19.1. The van der Waals surface area contributed by atoms with Crippen LogP contribution in [0.25, 0.3) is 0 Å². The lowest BCUT2D eigenvalue weighted by Crippen LogP contribution is -2.49. The number of carbonyl (C=O) groups is 8. The molecule has 6 rings (SSSR count). The first kappa shape index (κ1) is 80.0. The van der Waals surface area contributed by atoms with E-state index in [1.54, 1.807) is 46.2 Å². The van der Waals surface area contributed by atoms with E-state index < -0.39 is 122 Å². The zero-order chi connectivity index (χ0) is 72.3. The Morgan fingerprint density at radius 1 is 0.580 bits per heavy atom. The number of hydrogen-bond donors (Lipinski definition) is 15. The van der Waals surface area contributed by atoms with Crippen LogP contribution < -0.4 is 67.4 Å². The molecule has 0 radical (unpaired) electrons. The summed E-state index contributed by atoms with van der Waals surface area (Å²) in [6.07, 6.45) is 2.93. The van der Waals surface area contributed by atoms with E-state index in [4.69, 9.17) is 21.7 Å². The van der Waals surface area contributed by atoms with Crippen LogP contribution in [0.4, 0.5) is 5.69 Å². The number of thiocarbonyl (C=S) groups is 1. The number of sulfone groups is 1. The van der Waals surface area contributed by atoms with E-state index >= 15 is 0 Å². The van der Waals surface area contributed by atoms with Gasteiger partial charge < -0.3 is 83.1 Å². The van der Waals surface area contributed by atoms with Crippen molar-refractivity contribution >= 4 is 102 Å². The van der Waals surface area contributed by atoms with Crippen molar-refractivity contribution in [3.8, 4) is 11.5 Å². The normalized spacial score (nSPS) is 15.6. The molecule has 34 nitrogen and oxygen atoms in total. The highest BCUT2D eigenvalue weighted by Crippen LogP contribution is 2.17. The van der Waals surface area contributed by atoms with Crippen LogP contribution in [0.15, 0.2) is 82.8 Å². The second-order valence-electron chi connectivity index (χ2n) is 23.7. The van der Waals surface area contributed by atoms with E-state index in [1.165, 1.54) is 24.3 Å². The van der Waals surface area contributed by atoms with Crippen LogP contribution in [0.5, 0.6) is 11.5 Å². The molecule has 3 heterocycles. The van der Waals surface area contributed by atoms with Gasteiger partial charge in [-0.2, -0.15) is 4.72 Å². The predicted molar refractivity (Wildman–Crippen MR) is 375 cm³/mol. The first-order valence-electron chi connectivity index (χ1n) is 32.9. The Bertz CT molecular complexity index is 3470. The van der Waals surface area contributed by atoms with Crippen molar-refractivity contribution in [2.45, 2.75) is 63.6 Å². The molecule has 100 heavy (non-hydrogen) atoms. The summed E-state index contributed by atoms with van der Waals surface area (Å²) >= 11 is 5.64. The number of carboxylic acid groups (broad SMARTS) is 4. The number of nitrogens with zero attached hydrogens (tertiary/aromatic N) is 5. The van der Waals surface area contributed by atoms with Gasteiger partial charge in [-0.1, -0.05) is 25.0 Å². The highest BCUT2D eigenvalue weighted by molar-refractivity contribution is 7.91. The third kappa shape index (κ3) is 31.5. The third-order valence-electron chi connectivity index (χ3n) is 15.7. The van der Waals surface area contributed by atoms with E-state index in [0.717, 1.165) is 44.6 Å². The maximum absolute atomic E-state index is 13.9. The van der Waals surface area contributed by atoms with Gasteiger partial charge >= 0.3 is 23.9 Å². The summed E-state index contributed by atoms with van der Waals surface area (Å²) in [7, 11) is -8.46. The fourth-order valence-electron chi connectivity index (χ4n) is 10.3. The van der Waals surface area contributed by atoms with Gasteiger partial charge in [-0.3, -0.25) is 63.0 Å². The molecule has 3 atom stereocenters. The van der Waals surface area contributed by atoms with Crippen molar-refractivity contribution in [2.24, 2.45) is 15.9 Å². The number of nitrogens with one attached hydrogen (secondary N) is 11. The highest BCUT2D eigenvalue weighted by Gasteiger charge is 2.29. The maximum Gasteiger partial charge on any atom is 0.323 e. The number of rotatable bonds is 41. The molecule has 1 fully saturated rings. The Labute approximate surface area is 586 Å². The number of aliphatic carboxylic acids is 4. The van der Waals surface area contributed by atoms with Crippen molar-refractivity contribution in [1.29, 1.82) is 0 Å². The second kappa shape index (κ2) is 42.2. The summed E-state index contributed by atoms with van der Waals surface area (Å²) in [6.45, 7) is 5.59. The van der Waals surface area contributed by atoms with Crippen molar-refractivity contribution in [3.63, 3.8) is 0 Å². The molecule has 550 valence electrons. The van der Waals surface area contributed by atoms with Gasteiger partial charge in [0.05, 0.1) is 49.4 Å². The van der Waals surface area contributed by atoms with Gasteiger partial charge in [-0.15, -0.1) is 0 Å². The van der Waals surface area contributed by atoms with Crippen LogP contribution in [0.1, 0.15) is 71.2 Å². The van der Waals surface area contributed by atoms with E-state index in [9.17, 15) is 75.6 Å². The van der Waals surface area contributed by atoms with Gasteiger partial charge in [0.1, 0.15) is 36.8 Å². The molecule has 3 aliphatic heterocycles. The van der Waals surface area contributed by atoms with Crippen LogP contribution in [0.2, 0.25) is 0 Å². The molecule has 37 heteroatoms. The monoisotopic (exact) mass is 1460 g/mol. The topological polar surface area (TPSA) is 471 Å². The molecule has 0 bridgehead atoms. The van der Waals surface area contributed by atoms with Crippen molar-refractivity contribution in [2.75, 3.05) is 154 Å². The first-order chi connectivity index (χ1) is 47.9. The number of hydrogen-bond acceptors (Lipinski definition) is 24. The molecule has 3 aromatic carbocycles. The Balaban J connectivity index is 0.965. The van der Waals surface area contributed by atoms with Crippen LogP contribution in [0.3, 0.4) is 0 Å². The van der Waals surface area contributed by atoms with Crippen LogP contribution in [-0.4, -0.2) is 277 Å². The zero-order valence-corrected chi connectivity index (χ0v) is 58.0. The van der Waals surface area contributed by atoms with Crippen molar-refractivity contribution < 1.29 is 85.1 Å². The largest absolute Gasteiger partial charge is 0.492 e. The van der Waals surface area contributed by atoms with Gasteiger partial charge in [-0.25, -0.2) is 16.8 Å². The van der Waals surface area contributed by atoms with Gasteiger partial charge in [-0.05, 0) is 104 Å². The molecule has 0 saturated carbocycles. The fraction of sp³-hybridized carbons (Fsp3) is 0.540. The van der Waals surface area contributed by atoms with Gasteiger partial charge in [0, 0.05) is 121 Å². The van der Waals surface area contributed by atoms with E-state index in [1.807, 2.05) is 16.9 Å². The summed E-state index contributed by atoms with van der Waals surface area (Å²) < 4.78 is 66.1. The molecule has 1 unspecified atom stereocenters. The number of sulfonamides is 1. The average Bonchev–Trinajstić information content (AvgIpc) is 1.05. The summed E-state index contributed by atoms with van der Waals surface area (Å²) in [5.41, 5.74) is 1.76. The Kier molecular flexibility index (Phi) is 33.7. The number of anilines is 1. The molecule has 4 amide bonds. The van der Waals surface area contributed by atoms with Crippen molar-refractivity contribution in [1.82, 2.24) is 67.3 Å². The standard InChI is InChI=1S/C63H92N16O18S3/c80-53(64-27-37-100(94,95)76-52(60(90)91)39-73-57(86)46-12-18-50(19-13-46)97-35-25-71-62-68-22-5-23-69-62)7-3-1-2-6-51(75-63(98)74-48-14-8-44(9-15-48)40-77-28-30-78(41-54(81)82)32-33-79(31-29-77)42-55(83)84)58(87)65-26-36-99(92,93)43-47(59(88)89)38-72-56(85)45-10-16-49(17-11-45)96-34-24-70-61-66-20-4-21-67-61/h8-19,47,51-52,76H,1-7,20-43H2,(H,64,80)(H,65,87)(H,72,85)(H,73,86)(H,81,82)(H,83,84)(H,88,89)(H,90,91)(H2,66,67,70)(H2,68,69,71)(H2,74,75,98)/t47-,51?,52-/m0/s1. The van der Waals surface area contributed by atoms with Gasteiger partial charge in [0.15, 0.2) is 26.9 Å². The molecular formula is C63H92N16O18S3. The van der Waals surface area contributed by atoms with E-state index in [2.05, 4.69) is 68.1 Å². The minimum absolute atomic E-state index is 0.0132. The predicted octanol–water partition coefficient (Wildman–Crippen LogP) is -1.90. The number of unbranched alkanes of at least 4 members (excludes halogenated alkanes) is 2. The average molecular weight is 1460 g/mol. The van der Waals surface area contributed by atoms with Gasteiger partial charge in [0.2, 0.25) is 21.8 Å². The van der Waals surface area contributed by atoms with Crippen LogP contribution >= 0.6 is 12.2 Å². The molecular weight excluding hydrogens is 1360 g/mol. The molecule has 3 aromatic rings. The zero-order valence-electron chi connectivity index (χ0n) is 55.5. The molecule has 1 saturated heterocycles. The Morgan fingerprint density at radius 3 is 1.60 bits per heavy atom.